The molecule has 1 aromatic heterocycles. The molecule has 0 unspecified atom stereocenters. The maximum atomic E-state index is 13.1. The highest BCUT2D eigenvalue weighted by Crippen LogP contribution is 2.31. The third kappa shape index (κ3) is 3.31. The number of anilines is 1. The second-order valence-electron chi connectivity index (χ2n) is 6.67. The van der Waals surface area contributed by atoms with Crippen molar-refractivity contribution in [3.8, 4) is 11.5 Å². The number of carbonyl (C=O) groups is 1. The highest BCUT2D eigenvalue weighted by atomic mass is 16.5. The normalized spacial score (nSPS) is 16.0. The molecule has 0 fully saturated rings. The lowest BCUT2D eigenvalue weighted by atomic mass is 9.93. The number of pyridine rings is 1. The first-order chi connectivity index (χ1) is 12.7. The second kappa shape index (κ2) is 7.00. The lowest BCUT2D eigenvalue weighted by molar-refractivity contribution is 0.0981. The molecule has 1 amide bonds. The zero-order valence-corrected chi connectivity index (χ0v) is 14.6. The van der Waals surface area contributed by atoms with Gasteiger partial charge in [-0.3, -0.25) is 9.78 Å². The summed E-state index contributed by atoms with van der Waals surface area (Å²) in [6.45, 7) is 2.92. The Morgan fingerprint density at radius 3 is 2.62 bits per heavy atom. The largest absolute Gasteiger partial charge is 0.456 e. The number of rotatable bonds is 3. The summed E-state index contributed by atoms with van der Waals surface area (Å²) >= 11 is 0. The third-order valence-corrected chi connectivity index (χ3v) is 4.56. The molecule has 0 N–H and O–H groups in total. The Kier molecular flexibility index (Phi) is 4.40. The maximum Gasteiger partial charge on any atom is 0.258 e. The van der Waals surface area contributed by atoms with Crippen LogP contribution in [0.3, 0.4) is 0 Å². The fourth-order valence-electron chi connectivity index (χ4n) is 3.35. The van der Waals surface area contributed by atoms with Crippen molar-refractivity contribution in [1.29, 1.82) is 0 Å². The van der Waals surface area contributed by atoms with Gasteiger partial charge in [-0.05, 0) is 60.4 Å². The molecule has 1 aliphatic heterocycles. The van der Waals surface area contributed by atoms with E-state index < -0.39 is 0 Å². The quantitative estimate of drug-likeness (QED) is 0.691. The van der Waals surface area contributed by atoms with Crippen LogP contribution < -0.4 is 9.64 Å². The molecule has 0 saturated heterocycles. The summed E-state index contributed by atoms with van der Waals surface area (Å²) in [6.07, 6.45) is 4.37. The van der Waals surface area contributed by atoms with E-state index in [2.05, 4.69) is 18.0 Å². The molecule has 0 saturated carbocycles. The lowest BCUT2D eigenvalue weighted by Gasteiger charge is -2.33. The van der Waals surface area contributed by atoms with Crippen LogP contribution >= 0.6 is 0 Å². The number of aromatic nitrogens is 1. The van der Waals surface area contributed by atoms with Gasteiger partial charge >= 0.3 is 0 Å². The maximum absolute atomic E-state index is 13.1. The molecule has 1 atom stereocenters. The average molecular weight is 344 g/mol. The van der Waals surface area contributed by atoms with Crippen LogP contribution in [-0.2, 0) is 6.42 Å². The number of carbonyl (C=O) groups excluding carboxylic acids is 1. The minimum atomic E-state index is 0.0249. The van der Waals surface area contributed by atoms with Crippen LogP contribution in [0.25, 0.3) is 0 Å². The van der Waals surface area contributed by atoms with Gasteiger partial charge in [0.15, 0.2) is 0 Å². The van der Waals surface area contributed by atoms with Crippen molar-refractivity contribution in [3.05, 3.63) is 84.2 Å². The summed E-state index contributed by atoms with van der Waals surface area (Å²) in [5.41, 5.74) is 2.91. The van der Waals surface area contributed by atoms with Crippen LogP contribution in [0.5, 0.6) is 11.5 Å². The number of amides is 1. The fraction of sp³-hybridized carbons (Fsp3) is 0.182. The van der Waals surface area contributed by atoms with Crippen molar-refractivity contribution in [2.45, 2.75) is 13.3 Å². The van der Waals surface area contributed by atoms with Crippen molar-refractivity contribution in [2.24, 2.45) is 5.92 Å². The van der Waals surface area contributed by atoms with Crippen molar-refractivity contribution in [2.75, 3.05) is 11.4 Å². The Balaban J connectivity index is 1.55. The van der Waals surface area contributed by atoms with Crippen molar-refractivity contribution in [3.63, 3.8) is 0 Å². The standard InChI is InChI=1S/C22H20N2O2/c1-16-13-18-5-2-3-7-21(18)24(15-16)22(25)17-8-10-19(11-9-17)26-20-6-4-12-23-14-20/h2-12,14,16H,13,15H2,1H3/t16-/m0/s1. The second-order valence-corrected chi connectivity index (χ2v) is 6.67. The third-order valence-electron chi connectivity index (χ3n) is 4.56. The molecule has 2 aromatic carbocycles. The number of fused-ring (bicyclic) bond motifs is 1. The Bertz CT molecular complexity index is 907. The van der Waals surface area contributed by atoms with Crippen LogP contribution in [0.1, 0.15) is 22.8 Å². The first-order valence-electron chi connectivity index (χ1n) is 8.78. The predicted octanol–water partition coefficient (Wildman–Crippen LogP) is 4.71. The summed E-state index contributed by atoms with van der Waals surface area (Å²) < 4.78 is 5.74. The van der Waals surface area contributed by atoms with Gasteiger partial charge in [0.1, 0.15) is 11.5 Å². The minimum absolute atomic E-state index is 0.0249. The van der Waals surface area contributed by atoms with Crippen LogP contribution in [0.15, 0.2) is 73.1 Å². The first kappa shape index (κ1) is 16.3. The van der Waals surface area contributed by atoms with E-state index in [1.807, 2.05) is 59.5 Å². The van der Waals surface area contributed by atoms with E-state index in [9.17, 15) is 4.79 Å². The number of ether oxygens (including phenoxy) is 1. The minimum Gasteiger partial charge on any atom is -0.456 e. The number of nitrogens with zero attached hydrogens (tertiary/aromatic N) is 2. The van der Waals surface area contributed by atoms with E-state index in [-0.39, 0.29) is 5.91 Å². The zero-order chi connectivity index (χ0) is 17.9. The monoisotopic (exact) mass is 344 g/mol. The zero-order valence-electron chi connectivity index (χ0n) is 14.6. The molecule has 0 radical (unpaired) electrons. The van der Waals surface area contributed by atoms with E-state index in [4.69, 9.17) is 4.74 Å². The number of hydrogen-bond donors (Lipinski definition) is 0. The summed E-state index contributed by atoms with van der Waals surface area (Å²) in [5.74, 6) is 1.83. The highest BCUT2D eigenvalue weighted by molar-refractivity contribution is 6.06. The summed E-state index contributed by atoms with van der Waals surface area (Å²) in [4.78, 5) is 19.0. The van der Waals surface area contributed by atoms with Crippen molar-refractivity contribution < 1.29 is 9.53 Å². The van der Waals surface area contributed by atoms with E-state index >= 15 is 0 Å². The molecule has 3 aromatic rings. The SMILES string of the molecule is C[C@H]1Cc2ccccc2N(C(=O)c2ccc(Oc3cccnc3)cc2)C1. The van der Waals surface area contributed by atoms with Crippen LogP contribution in [0, 0.1) is 5.92 Å². The molecule has 4 rings (SSSR count). The van der Waals surface area contributed by atoms with Gasteiger partial charge in [0.25, 0.3) is 5.91 Å². The van der Waals surface area contributed by atoms with Crippen LogP contribution in [0.2, 0.25) is 0 Å². The smallest absolute Gasteiger partial charge is 0.258 e. The van der Waals surface area contributed by atoms with Gasteiger partial charge in [-0.25, -0.2) is 0 Å². The molecule has 2 heterocycles. The van der Waals surface area contributed by atoms with Crippen LogP contribution in [0.4, 0.5) is 5.69 Å². The summed E-state index contributed by atoms with van der Waals surface area (Å²) in [5, 5.41) is 0. The fourth-order valence-corrected chi connectivity index (χ4v) is 3.35. The Morgan fingerprint density at radius 1 is 1.04 bits per heavy atom. The molecule has 26 heavy (non-hydrogen) atoms. The van der Waals surface area contributed by atoms with E-state index in [1.54, 1.807) is 12.4 Å². The average Bonchev–Trinajstić information content (AvgIpc) is 2.68. The molecule has 4 heteroatoms. The summed E-state index contributed by atoms with van der Waals surface area (Å²) in [7, 11) is 0. The Hall–Kier alpha value is -3.14. The van der Waals surface area contributed by atoms with Gasteiger partial charge < -0.3 is 9.64 Å². The van der Waals surface area contributed by atoms with Gasteiger partial charge in [0, 0.05) is 24.0 Å². The van der Waals surface area contributed by atoms with Crippen molar-refractivity contribution >= 4 is 11.6 Å². The number of para-hydroxylation sites is 1. The van der Waals surface area contributed by atoms with E-state index in [0.29, 0.717) is 23.0 Å². The van der Waals surface area contributed by atoms with Gasteiger partial charge in [0.2, 0.25) is 0 Å². The predicted molar refractivity (Wildman–Crippen MR) is 102 cm³/mol. The molecular weight excluding hydrogens is 324 g/mol. The molecule has 0 aliphatic carbocycles. The summed E-state index contributed by atoms with van der Waals surface area (Å²) in [6, 6.07) is 19.1. The van der Waals surface area contributed by atoms with Crippen molar-refractivity contribution in [1.82, 2.24) is 4.98 Å². The highest BCUT2D eigenvalue weighted by Gasteiger charge is 2.26. The molecule has 0 bridgehead atoms. The van der Waals surface area contributed by atoms with E-state index in [1.165, 1.54) is 5.56 Å². The molecular formula is C22H20N2O2. The van der Waals surface area contributed by atoms with Crippen LogP contribution in [-0.4, -0.2) is 17.4 Å². The lowest BCUT2D eigenvalue weighted by Crippen LogP contribution is -2.39. The van der Waals surface area contributed by atoms with Gasteiger partial charge in [-0.15, -0.1) is 0 Å². The van der Waals surface area contributed by atoms with E-state index in [0.717, 1.165) is 18.7 Å². The Morgan fingerprint density at radius 2 is 1.85 bits per heavy atom. The molecule has 1 aliphatic rings. The number of benzene rings is 2. The molecule has 130 valence electrons. The van der Waals surface area contributed by atoms with Gasteiger partial charge in [-0.1, -0.05) is 25.1 Å². The van der Waals surface area contributed by atoms with Gasteiger partial charge in [0.05, 0.1) is 6.20 Å². The number of hydrogen-bond acceptors (Lipinski definition) is 3. The first-order valence-corrected chi connectivity index (χ1v) is 8.78. The topological polar surface area (TPSA) is 42.4 Å². The van der Waals surface area contributed by atoms with Gasteiger partial charge in [-0.2, -0.15) is 0 Å². The Labute approximate surface area is 153 Å². The molecule has 4 nitrogen and oxygen atoms in total. The molecule has 0 spiro atoms.